The number of rotatable bonds is 5. The zero-order valence-corrected chi connectivity index (χ0v) is 15.4. The Bertz CT molecular complexity index is 1140. The molecule has 0 aliphatic heterocycles. The van der Waals surface area contributed by atoms with Crippen molar-refractivity contribution in [3.05, 3.63) is 84.2 Å². The van der Waals surface area contributed by atoms with Gasteiger partial charge in [-0.3, -0.25) is 4.79 Å². The molecule has 4 rings (SSSR count). The molecule has 0 saturated heterocycles. The molecule has 0 saturated carbocycles. The molecule has 0 bridgehead atoms. The molecule has 0 atom stereocenters. The van der Waals surface area contributed by atoms with Crippen LogP contribution in [0, 0.1) is 5.82 Å². The van der Waals surface area contributed by atoms with E-state index in [1.165, 1.54) is 12.1 Å². The molecule has 1 heterocycles. The van der Waals surface area contributed by atoms with Crippen molar-refractivity contribution in [1.29, 1.82) is 0 Å². The van der Waals surface area contributed by atoms with Gasteiger partial charge in [-0.2, -0.15) is 4.98 Å². The van der Waals surface area contributed by atoms with Gasteiger partial charge in [0, 0.05) is 22.4 Å². The lowest BCUT2D eigenvalue weighted by molar-refractivity contribution is 0.102. The Morgan fingerprint density at radius 2 is 1.76 bits per heavy atom. The maximum atomic E-state index is 13.1. The number of anilines is 1. The van der Waals surface area contributed by atoms with Crippen molar-refractivity contribution in [2.75, 3.05) is 12.4 Å². The predicted molar refractivity (Wildman–Crippen MR) is 106 cm³/mol. The maximum absolute atomic E-state index is 13.1. The average Bonchev–Trinajstić information content (AvgIpc) is 3.25. The first-order valence-electron chi connectivity index (χ1n) is 8.78. The summed E-state index contributed by atoms with van der Waals surface area (Å²) in [6, 6.07) is 19.7. The SMILES string of the molecule is COc1ccc(NC(=O)c2cccc(-c3nc(-c4ccc(F)cc4)no3)c2)cc1. The fraction of sp³-hybridized carbons (Fsp3) is 0.0455. The summed E-state index contributed by atoms with van der Waals surface area (Å²) in [6.45, 7) is 0. The van der Waals surface area contributed by atoms with Crippen LogP contribution in [0.4, 0.5) is 10.1 Å². The zero-order valence-electron chi connectivity index (χ0n) is 15.4. The second kappa shape index (κ2) is 7.93. The molecule has 0 spiro atoms. The second-order valence-electron chi connectivity index (χ2n) is 6.19. The van der Waals surface area contributed by atoms with E-state index >= 15 is 0 Å². The highest BCUT2D eigenvalue weighted by Gasteiger charge is 2.13. The van der Waals surface area contributed by atoms with Gasteiger partial charge in [-0.05, 0) is 66.7 Å². The minimum atomic E-state index is -0.340. The van der Waals surface area contributed by atoms with Gasteiger partial charge in [0.1, 0.15) is 11.6 Å². The van der Waals surface area contributed by atoms with Crippen molar-refractivity contribution in [2.45, 2.75) is 0 Å². The number of ether oxygens (including phenoxy) is 1. The summed E-state index contributed by atoms with van der Waals surface area (Å²) in [7, 11) is 1.58. The summed E-state index contributed by atoms with van der Waals surface area (Å²) in [5.74, 6) is 0.707. The van der Waals surface area contributed by atoms with Gasteiger partial charge in [0.25, 0.3) is 11.8 Å². The quantitative estimate of drug-likeness (QED) is 0.530. The lowest BCUT2D eigenvalue weighted by Gasteiger charge is -2.07. The molecule has 1 aromatic heterocycles. The highest BCUT2D eigenvalue weighted by molar-refractivity contribution is 6.04. The van der Waals surface area contributed by atoms with E-state index in [9.17, 15) is 9.18 Å². The van der Waals surface area contributed by atoms with E-state index in [2.05, 4.69) is 15.5 Å². The van der Waals surface area contributed by atoms with Gasteiger partial charge >= 0.3 is 0 Å². The summed E-state index contributed by atoms with van der Waals surface area (Å²) < 4.78 is 23.5. The fourth-order valence-corrected chi connectivity index (χ4v) is 2.73. The van der Waals surface area contributed by atoms with Crippen LogP contribution in [0.2, 0.25) is 0 Å². The Balaban J connectivity index is 1.54. The number of aromatic nitrogens is 2. The van der Waals surface area contributed by atoms with Gasteiger partial charge in [-0.1, -0.05) is 11.2 Å². The fourth-order valence-electron chi connectivity index (χ4n) is 2.73. The Labute approximate surface area is 166 Å². The highest BCUT2D eigenvalue weighted by Crippen LogP contribution is 2.24. The van der Waals surface area contributed by atoms with E-state index in [0.717, 1.165) is 0 Å². The van der Waals surface area contributed by atoms with E-state index in [1.54, 1.807) is 67.8 Å². The van der Waals surface area contributed by atoms with Crippen molar-refractivity contribution < 1.29 is 18.4 Å². The van der Waals surface area contributed by atoms with E-state index in [0.29, 0.717) is 34.0 Å². The molecule has 29 heavy (non-hydrogen) atoms. The van der Waals surface area contributed by atoms with Crippen LogP contribution in [0.3, 0.4) is 0 Å². The monoisotopic (exact) mass is 389 g/mol. The molecule has 4 aromatic rings. The number of methoxy groups -OCH3 is 1. The van der Waals surface area contributed by atoms with Crippen LogP contribution in [-0.2, 0) is 0 Å². The molecule has 0 aliphatic carbocycles. The van der Waals surface area contributed by atoms with Gasteiger partial charge in [0.05, 0.1) is 7.11 Å². The average molecular weight is 389 g/mol. The Kier molecular flexibility index (Phi) is 5.03. The molecular weight excluding hydrogens is 373 g/mol. The molecule has 3 aromatic carbocycles. The van der Waals surface area contributed by atoms with Gasteiger partial charge < -0.3 is 14.6 Å². The Morgan fingerprint density at radius 1 is 1.00 bits per heavy atom. The van der Waals surface area contributed by atoms with Crippen LogP contribution < -0.4 is 10.1 Å². The number of amides is 1. The van der Waals surface area contributed by atoms with E-state index in [1.807, 2.05) is 0 Å². The van der Waals surface area contributed by atoms with E-state index < -0.39 is 0 Å². The van der Waals surface area contributed by atoms with Gasteiger partial charge in [0.2, 0.25) is 5.82 Å². The first kappa shape index (κ1) is 18.4. The zero-order chi connectivity index (χ0) is 20.2. The van der Waals surface area contributed by atoms with Crippen LogP contribution in [0.5, 0.6) is 5.75 Å². The molecular formula is C22H16FN3O3. The molecule has 1 N–H and O–H groups in total. The normalized spacial score (nSPS) is 10.6. The lowest BCUT2D eigenvalue weighted by Crippen LogP contribution is -2.11. The number of hydrogen-bond donors (Lipinski definition) is 1. The maximum Gasteiger partial charge on any atom is 0.258 e. The minimum Gasteiger partial charge on any atom is -0.497 e. The molecule has 7 heteroatoms. The minimum absolute atomic E-state index is 0.267. The van der Waals surface area contributed by atoms with Crippen molar-refractivity contribution in [3.8, 4) is 28.6 Å². The summed E-state index contributed by atoms with van der Waals surface area (Å²) in [5, 5.41) is 6.76. The smallest absolute Gasteiger partial charge is 0.258 e. The lowest BCUT2D eigenvalue weighted by atomic mass is 10.1. The summed E-state index contributed by atoms with van der Waals surface area (Å²) >= 11 is 0. The van der Waals surface area contributed by atoms with Crippen molar-refractivity contribution in [2.24, 2.45) is 0 Å². The third-order valence-electron chi connectivity index (χ3n) is 4.25. The van der Waals surface area contributed by atoms with Crippen LogP contribution in [0.1, 0.15) is 10.4 Å². The van der Waals surface area contributed by atoms with Crippen LogP contribution in [0.15, 0.2) is 77.3 Å². The molecule has 0 aliphatic rings. The molecule has 1 amide bonds. The van der Waals surface area contributed by atoms with Crippen molar-refractivity contribution >= 4 is 11.6 Å². The predicted octanol–water partition coefficient (Wildman–Crippen LogP) is 4.80. The Hall–Kier alpha value is -4.00. The number of benzene rings is 3. The second-order valence-corrected chi connectivity index (χ2v) is 6.19. The molecule has 144 valence electrons. The van der Waals surface area contributed by atoms with Crippen LogP contribution in [-0.4, -0.2) is 23.2 Å². The molecule has 0 fully saturated rings. The van der Waals surface area contributed by atoms with Crippen LogP contribution >= 0.6 is 0 Å². The largest absolute Gasteiger partial charge is 0.497 e. The third-order valence-corrected chi connectivity index (χ3v) is 4.25. The summed E-state index contributed by atoms with van der Waals surface area (Å²) in [6.07, 6.45) is 0. The number of carbonyl (C=O) groups is 1. The van der Waals surface area contributed by atoms with Gasteiger partial charge in [-0.25, -0.2) is 4.39 Å². The van der Waals surface area contributed by atoms with Crippen molar-refractivity contribution in [1.82, 2.24) is 10.1 Å². The van der Waals surface area contributed by atoms with Gasteiger partial charge in [0.15, 0.2) is 0 Å². The topological polar surface area (TPSA) is 77.2 Å². The first-order chi connectivity index (χ1) is 14.1. The summed E-state index contributed by atoms with van der Waals surface area (Å²) in [4.78, 5) is 16.9. The molecule has 0 radical (unpaired) electrons. The number of nitrogens with one attached hydrogen (secondary N) is 1. The van der Waals surface area contributed by atoms with E-state index in [-0.39, 0.29) is 17.6 Å². The molecule has 0 unspecified atom stereocenters. The number of halogens is 1. The third kappa shape index (κ3) is 4.14. The van der Waals surface area contributed by atoms with Gasteiger partial charge in [-0.15, -0.1) is 0 Å². The number of hydrogen-bond acceptors (Lipinski definition) is 5. The number of carbonyl (C=O) groups excluding carboxylic acids is 1. The first-order valence-corrected chi connectivity index (χ1v) is 8.78. The van der Waals surface area contributed by atoms with Crippen molar-refractivity contribution in [3.63, 3.8) is 0 Å². The summed E-state index contributed by atoms with van der Waals surface area (Å²) in [5.41, 5.74) is 2.33. The highest BCUT2D eigenvalue weighted by atomic mass is 19.1. The van der Waals surface area contributed by atoms with Crippen LogP contribution in [0.25, 0.3) is 22.8 Å². The van der Waals surface area contributed by atoms with E-state index in [4.69, 9.17) is 9.26 Å². The Morgan fingerprint density at radius 3 is 2.48 bits per heavy atom. The standard InChI is InChI=1S/C22H16FN3O3/c1-28-19-11-9-18(10-12-19)24-21(27)15-3-2-4-16(13-15)22-25-20(26-29-22)14-5-7-17(23)8-6-14/h2-13H,1H3,(H,24,27). The number of nitrogens with zero attached hydrogens (tertiary/aromatic N) is 2. The molecule has 6 nitrogen and oxygen atoms in total.